The number of amides is 1. The quantitative estimate of drug-likeness (QED) is 0.727. The molecule has 2 fully saturated rings. The van der Waals surface area contributed by atoms with Gasteiger partial charge < -0.3 is 14.5 Å². The third kappa shape index (κ3) is 7.94. The minimum Gasteiger partial charge on any atom is -0.462 e. The van der Waals surface area contributed by atoms with Crippen molar-refractivity contribution in [2.45, 2.75) is 46.3 Å². The molecule has 0 aromatic carbocycles. The van der Waals surface area contributed by atoms with Gasteiger partial charge in [-0.05, 0) is 27.8 Å². The molecule has 1 amide bonds. The molecule has 0 spiro atoms. The molecule has 0 saturated carbocycles. The summed E-state index contributed by atoms with van der Waals surface area (Å²) in [7, 11) is 2.15. The lowest BCUT2D eigenvalue weighted by molar-refractivity contribution is -0.138. The van der Waals surface area contributed by atoms with Crippen LogP contribution in [0.15, 0.2) is 11.6 Å². The Balaban J connectivity index is 0.000000346. The van der Waals surface area contributed by atoms with Gasteiger partial charge in [0.05, 0.1) is 0 Å². The fraction of sp³-hybridized carbons (Fsp3) is 0.737. The lowest BCUT2D eigenvalue weighted by atomic mass is 10.1. The Morgan fingerprint density at radius 2 is 1.81 bits per heavy atom. The van der Waals surface area contributed by atoms with E-state index >= 15 is 0 Å². The number of hydrogen-bond donors (Lipinski definition) is 0. The average molecular weight is 399 g/mol. The first-order chi connectivity index (χ1) is 12.8. The second kappa shape index (κ2) is 11.4. The molecule has 7 nitrogen and oxygen atoms in total. The van der Waals surface area contributed by atoms with Gasteiger partial charge in [-0.1, -0.05) is 13.8 Å². The van der Waals surface area contributed by atoms with Gasteiger partial charge in [-0.15, -0.1) is 11.3 Å². The van der Waals surface area contributed by atoms with Gasteiger partial charge in [0, 0.05) is 56.9 Å². The second-order valence-corrected chi connectivity index (χ2v) is 8.26. The summed E-state index contributed by atoms with van der Waals surface area (Å²) >= 11 is 1.43. The fourth-order valence-electron chi connectivity index (χ4n) is 2.80. The number of likely N-dealkylation sites (tertiary alicyclic amines) is 1. The number of carbonyl (C=O) groups excluding carboxylic acids is 2. The van der Waals surface area contributed by atoms with E-state index < -0.39 is 0 Å². The summed E-state index contributed by atoms with van der Waals surface area (Å²) in [6.45, 7) is 15.9. The molecule has 1 aromatic rings. The Bertz CT molecular complexity index is 546. The van der Waals surface area contributed by atoms with Crippen LogP contribution in [0, 0.1) is 0 Å². The van der Waals surface area contributed by atoms with Crippen LogP contribution in [0.4, 0.5) is 0 Å². The number of hydrogen-bond acceptors (Lipinski definition) is 7. The standard InChI is InChI=1S/C12H18N4OS.C5H10O2.C2H6/c1-14-8-10(9-14)15-3-5-16(6-4-15)12(17)11-13-2-7-18-11;1-5(2,3)7-4-6;1-2/h2,7,10H,3-6,8-9H2,1H3;4H,1-3H3;1-2H3. The van der Waals surface area contributed by atoms with Gasteiger partial charge in [0.2, 0.25) is 0 Å². The van der Waals surface area contributed by atoms with Gasteiger partial charge in [0.15, 0.2) is 5.01 Å². The Morgan fingerprint density at radius 1 is 1.22 bits per heavy atom. The average Bonchev–Trinajstić information content (AvgIpc) is 3.14. The third-order valence-corrected chi connectivity index (χ3v) is 4.94. The maximum absolute atomic E-state index is 12.1. The van der Waals surface area contributed by atoms with E-state index in [1.54, 1.807) is 6.20 Å². The summed E-state index contributed by atoms with van der Waals surface area (Å²) in [6, 6.07) is 0.701. The predicted molar refractivity (Wildman–Crippen MR) is 109 cm³/mol. The molecule has 0 N–H and O–H groups in total. The minimum absolute atomic E-state index is 0.0929. The normalized spacial score (nSPS) is 18.4. The first-order valence-corrected chi connectivity index (χ1v) is 10.4. The number of thiazole rings is 1. The van der Waals surface area contributed by atoms with Crippen molar-refractivity contribution >= 4 is 23.7 Å². The zero-order valence-corrected chi connectivity index (χ0v) is 18.3. The molecule has 2 saturated heterocycles. The molecule has 27 heavy (non-hydrogen) atoms. The largest absolute Gasteiger partial charge is 0.462 e. The number of nitrogens with zero attached hydrogens (tertiary/aromatic N) is 4. The van der Waals surface area contributed by atoms with Crippen molar-refractivity contribution in [3.05, 3.63) is 16.6 Å². The Labute approximate surface area is 167 Å². The Hall–Kier alpha value is -1.51. The first kappa shape index (κ1) is 23.5. The van der Waals surface area contributed by atoms with Gasteiger partial charge in [-0.3, -0.25) is 14.5 Å². The highest BCUT2D eigenvalue weighted by molar-refractivity contribution is 7.11. The van der Waals surface area contributed by atoms with Crippen LogP contribution in [0.1, 0.15) is 44.4 Å². The molecule has 8 heteroatoms. The van der Waals surface area contributed by atoms with Crippen LogP contribution in [0.2, 0.25) is 0 Å². The third-order valence-electron chi connectivity index (χ3n) is 4.18. The zero-order chi connectivity index (χ0) is 20.4. The van der Waals surface area contributed by atoms with Gasteiger partial charge in [-0.25, -0.2) is 4.98 Å². The highest BCUT2D eigenvalue weighted by atomic mass is 32.1. The SMILES string of the molecule is CC.CC(C)(C)OC=O.CN1CC(N2CCN(C(=O)c3nccs3)CC2)C1. The predicted octanol–water partition coefficient (Wildman–Crippen LogP) is 2.20. The molecular formula is C19H34N4O3S. The van der Waals surface area contributed by atoms with Gasteiger partial charge >= 0.3 is 0 Å². The van der Waals surface area contributed by atoms with E-state index in [0.717, 1.165) is 26.2 Å². The molecule has 3 rings (SSSR count). The smallest absolute Gasteiger partial charge is 0.293 e. The van der Waals surface area contributed by atoms with Crippen LogP contribution in [0.5, 0.6) is 0 Å². The van der Waals surface area contributed by atoms with E-state index in [2.05, 4.69) is 26.6 Å². The number of piperazine rings is 1. The molecule has 1 aromatic heterocycles. The monoisotopic (exact) mass is 398 g/mol. The molecule has 3 heterocycles. The molecule has 0 radical (unpaired) electrons. The molecule has 0 atom stereocenters. The number of carbonyl (C=O) groups is 2. The van der Waals surface area contributed by atoms with Crippen molar-refractivity contribution in [3.63, 3.8) is 0 Å². The number of rotatable bonds is 3. The number of likely N-dealkylation sites (N-methyl/N-ethyl adjacent to an activating group) is 1. The van der Waals surface area contributed by atoms with Gasteiger partial charge in [0.1, 0.15) is 5.60 Å². The summed E-state index contributed by atoms with van der Waals surface area (Å²) in [4.78, 5) is 32.6. The zero-order valence-electron chi connectivity index (χ0n) is 17.5. The minimum atomic E-state index is -0.318. The van der Waals surface area contributed by atoms with Crippen LogP contribution in [-0.4, -0.2) is 90.0 Å². The topological polar surface area (TPSA) is 66.0 Å². The van der Waals surface area contributed by atoms with Crippen LogP contribution in [0.25, 0.3) is 0 Å². The van der Waals surface area contributed by atoms with E-state index in [9.17, 15) is 9.59 Å². The maximum Gasteiger partial charge on any atom is 0.293 e. The summed E-state index contributed by atoms with van der Waals surface area (Å²) < 4.78 is 4.55. The van der Waals surface area contributed by atoms with Crippen LogP contribution >= 0.6 is 11.3 Å². The number of ether oxygens (including phenoxy) is 1. The van der Waals surface area contributed by atoms with Crippen LogP contribution in [-0.2, 0) is 9.53 Å². The lowest BCUT2D eigenvalue weighted by Crippen LogP contribution is -2.62. The highest BCUT2D eigenvalue weighted by Gasteiger charge is 2.32. The van der Waals surface area contributed by atoms with Gasteiger partial charge in [-0.2, -0.15) is 0 Å². The van der Waals surface area contributed by atoms with Crippen molar-refractivity contribution in [2.24, 2.45) is 0 Å². The number of aromatic nitrogens is 1. The summed E-state index contributed by atoms with van der Waals surface area (Å²) in [6.07, 6.45) is 1.69. The highest BCUT2D eigenvalue weighted by Crippen LogP contribution is 2.16. The van der Waals surface area contributed by atoms with E-state index in [-0.39, 0.29) is 11.5 Å². The first-order valence-electron chi connectivity index (χ1n) is 9.53. The summed E-state index contributed by atoms with van der Waals surface area (Å²) in [5.41, 5.74) is -0.318. The van der Waals surface area contributed by atoms with Crippen molar-refractivity contribution in [1.29, 1.82) is 0 Å². The Morgan fingerprint density at radius 3 is 2.19 bits per heavy atom. The van der Waals surface area contributed by atoms with E-state index in [0.29, 0.717) is 17.5 Å². The van der Waals surface area contributed by atoms with E-state index in [4.69, 9.17) is 0 Å². The molecule has 0 aliphatic carbocycles. The fourth-order valence-corrected chi connectivity index (χ4v) is 3.40. The molecule has 2 aliphatic rings. The van der Waals surface area contributed by atoms with Crippen molar-refractivity contribution in [1.82, 2.24) is 19.7 Å². The van der Waals surface area contributed by atoms with E-state index in [1.807, 2.05) is 44.9 Å². The lowest BCUT2D eigenvalue weighted by Gasteiger charge is -2.46. The van der Waals surface area contributed by atoms with Crippen molar-refractivity contribution in [3.8, 4) is 0 Å². The molecule has 0 bridgehead atoms. The molecular weight excluding hydrogens is 364 g/mol. The van der Waals surface area contributed by atoms with Crippen molar-refractivity contribution < 1.29 is 14.3 Å². The summed E-state index contributed by atoms with van der Waals surface area (Å²) in [5.74, 6) is 0.0929. The van der Waals surface area contributed by atoms with Crippen LogP contribution < -0.4 is 0 Å². The van der Waals surface area contributed by atoms with Gasteiger partial charge in [0.25, 0.3) is 12.4 Å². The molecule has 154 valence electrons. The molecule has 0 unspecified atom stereocenters. The van der Waals surface area contributed by atoms with E-state index in [1.165, 1.54) is 24.4 Å². The maximum atomic E-state index is 12.1. The van der Waals surface area contributed by atoms with Crippen LogP contribution in [0.3, 0.4) is 0 Å². The second-order valence-electron chi connectivity index (χ2n) is 7.37. The molecule has 2 aliphatic heterocycles. The summed E-state index contributed by atoms with van der Waals surface area (Å²) in [5, 5.41) is 2.47. The van der Waals surface area contributed by atoms with Crippen molar-refractivity contribution in [2.75, 3.05) is 46.3 Å². The Kier molecular flexibility index (Phi) is 9.90.